The number of nitrogens with two attached hydrogens (primary N) is 1. The predicted molar refractivity (Wildman–Crippen MR) is 130 cm³/mol. The summed E-state index contributed by atoms with van der Waals surface area (Å²) in [5.74, 6) is 1.12. The van der Waals surface area contributed by atoms with Crippen molar-refractivity contribution < 1.29 is 10.2 Å². The lowest BCUT2D eigenvalue weighted by molar-refractivity contribution is 0.242. The second kappa shape index (κ2) is 11.9. The molecule has 0 spiro atoms. The molecule has 0 fully saturated rings. The number of hydrogen-bond acceptors (Lipinski definition) is 8. The average molecular weight is 450 g/mol. The maximum absolute atomic E-state index is 8.09. The van der Waals surface area contributed by atoms with Crippen LogP contribution in [0.3, 0.4) is 0 Å². The van der Waals surface area contributed by atoms with E-state index in [0.29, 0.717) is 18.4 Å². The number of pyridine rings is 1. The maximum atomic E-state index is 8.09. The van der Waals surface area contributed by atoms with E-state index in [9.17, 15) is 0 Å². The van der Waals surface area contributed by atoms with Crippen molar-refractivity contribution in [2.75, 3.05) is 24.3 Å². The van der Waals surface area contributed by atoms with Crippen LogP contribution in [0, 0.1) is 0 Å². The summed E-state index contributed by atoms with van der Waals surface area (Å²) in [6.07, 6.45) is 5.05. The van der Waals surface area contributed by atoms with E-state index in [1.54, 1.807) is 10.7 Å². The summed E-state index contributed by atoms with van der Waals surface area (Å²) < 4.78 is 1.70. The van der Waals surface area contributed by atoms with E-state index >= 15 is 0 Å². The zero-order valence-corrected chi connectivity index (χ0v) is 19.0. The van der Waals surface area contributed by atoms with Gasteiger partial charge in [-0.3, -0.25) is 4.98 Å². The molecule has 4 aromatic rings. The van der Waals surface area contributed by atoms with Crippen LogP contribution in [0.15, 0.2) is 54.9 Å². The summed E-state index contributed by atoms with van der Waals surface area (Å²) in [4.78, 5) is 13.0. The van der Waals surface area contributed by atoms with E-state index in [2.05, 4.69) is 63.5 Å². The van der Waals surface area contributed by atoms with Gasteiger partial charge in [-0.2, -0.15) is 19.6 Å². The van der Waals surface area contributed by atoms with E-state index in [-0.39, 0.29) is 19.2 Å². The molecule has 33 heavy (non-hydrogen) atoms. The van der Waals surface area contributed by atoms with Gasteiger partial charge in [-0.15, -0.1) is 0 Å². The Labute approximate surface area is 193 Å². The average Bonchev–Trinajstić information content (AvgIpc) is 3.27. The van der Waals surface area contributed by atoms with Gasteiger partial charge in [-0.1, -0.05) is 44.2 Å². The number of fused-ring (bicyclic) bond motifs is 1. The van der Waals surface area contributed by atoms with Gasteiger partial charge in [0.05, 0.1) is 11.9 Å². The van der Waals surface area contributed by atoms with Gasteiger partial charge in [0.1, 0.15) is 0 Å². The molecule has 0 bridgehead atoms. The molecule has 174 valence electrons. The lowest BCUT2D eigenvalue weighted by Gasteiger charge is -2.09. The van der Waals surface area contributed by atoms with E-state index < -0.39 is 0 Å². The minimum Gasteiger partial charge on any atom is -0.396 e. The molecule has 0 unspecified atom stereocenters. The first-order valence-electron chi connectivity index (χ1n) is 11.0. The molecular weight excluding hydrogens is 418 g/mol. The van der Waals surface area contributed by atoms with Crippen LogP contribution in [0.5, 0.6) is 0 Å². The van der Waals surface area contributed by atoms with Gasteiger partial charge in [0.2, 0.25) is 11.9 Å². The molecule has 0 saturated heterocycles. The predicted octanol–water partition coefficient (Wildman–Crippen LogP) is 3.26. The van der Waals surface area contributed by atoms with Crippen LogP contribution in [0.1, 0.15) is 43.7 Å². The van der Waals surface area contributed by atoms with Crippen molar-refractivity contribution in [1.82, 2.24) is 24.6 Å². The minimum absolute atomic E-state index is 0.195. The summed E-state index contributed by atoms with van der Waals surface area (Å²) in [6.45, 7) is 5.20. The Hall–Kier alpha value is -3.56. The number of aliphatic hydroxyl groups is 2. The standard InChI is InChI=1S/C20H21N7.C4H10O2/c1-13(2)16-12-24-27-18(16)25-19(21)26-20(27)23-11-14-6-8-15(9-7-14)17-5-3-4-10-22-17;5-3-1-2-4-6/h3-10,12-13H,11H2,1-2H3,(H3,21,23,25,26);5-6H,1-4H2. The largest absolute Gasteiger partial charge is 0.396 e. The van der Waals surface area contributed by atoms with Crippen molar-refractivity contribution in [3.63, 3.8) is 0 Å². The van der Waals surface area contributed by atoms with Crippen LogP contribution in [-0.2, 0) is 6.54 Å². The molecule has 4 rings (SSSR count). The van der Waals surface area contributed by atoms with Crippen molar-refractivity contribution in [3.8, 4) is 11.3 Å². The van der Waals surface area contributed by atoms with Crippen LogP contribution < -0.4 is 11.1 Å². The minimum atomic E-state index is 0.195. The fraction of sp³-hybridized carbons (Fsp3) is 0.333. The molecule has 0 saturated carbocycles. The highest BCUT2D eigenvalue weighted by molar-refractivity contribution is 5.59. The summed E-state index contributed by atoms with van der Waals surface area (Å²) in [7, 11) is 0. The number of benzene rings is 1. The SMILES string of the molecule is CC(C)c1cnn2c(NCc3ccc(-c4ccccn4)cc3)nc(N)nc12.OCCCCO. The van der Waals surface area contributed by atoms with Gasteiger partial charge in [0.25, 0.3) is 0 Å². The van der Waals surface area contributed by atoms with Crippen LogP contribution in [0.25, 0.3) is 16.9 Å². The topological polar surface area (TPSA) is 134 Å². The number of nitrogens with one attached hydrogen (secondary N) is 1. The van der Waals surface area contributed by atoms with Gasteiger partial charge >= 0.3 is 0 Å². The maximum Gasteiger partial charge on any atom is 0.229 e. The number of nitrogen functional groups attached to an aromatic ring is 1. The zero-order valence-electron chi connectivity index (χ0n) is 19.0. The fourth-order valence-corrected chi connectivity index (χ4v) is 3.16. The fourth-order valence-electron chi connectivity index (χ4n) is 3.16. The lowest BCUT2D eigenvalue weighted by atomic mass is 10.1. The molecule has 0 aliphatic rings. The summed E-state index contributed by atoms with van der Waals surface area (Å²) >= 11 is 0. The van der Waals surface area contributed by atoms with Crippen molar-refractivity contribution in [3.05, 3.63) is 66.0 Å². The van der Waals surface area contributed by atoms with Crippen LogP contribution >= 0.6 is 0 Å². The first kappa shape index (κ1) is 24.1. The number of unbranched alkanes of at least 4 members (excludes halogenated alkanes) is 1. The zero-order chi connectivity index (χ0) is 23.6. The van der Waals surface area contributed by atoms with Gasteiger partial charge in [-0.25, -0.2) is 0 Å². The summed E-state index contributed by atoms with van der Waals surface area (Å²) in [5.41, 5.74) is 10.8. The van der Waals surface area contributed by atoms with E-state index in [1.807, 2.05) is 24.4 Å². The number of anilines is 2. The Kier molecular flexibility index (Phi) is 8.68. The second-order valence-electron chi connectivity index (χ2n) is 7.82. The lowest BCUT2D eigenvalue weighted by Crippen LogP contribution is -2.11. The molecule has 3 aromatic heterocycles. The third kappa shape index (κ3) is 6.47. The Morgan fingerprint density at radius 2 is 1.73 bits per heavy atom. The Bertz CT molecular complexity index is 1120. The van der Waals surface area contributed by atoms with Crippen molar-refractivity contribution >= 4 is 17.5 Å². The monoisotopic (exact) mass is 449 g/mol. The van der Waals surface area contributed by atoms with Crippen molar-refractivity contribution in [1.29, 1.82) is 0 Å². The van der Waals surface area contributed by atoms with E-state index in [4.69, 9.17) is 15.9 Å². The Morgan fingerprint density at radius 1 is 1.00 bits per heavy atom. The highest BCUT2D eigenvalue weighted by atomic mass is 16.3. The molecule has 0 amide bonds. The molecular formula is C24H31N7O2. The van der Waals surface area contributed by atoms with E-state index in [0.717, 1.165) is 40.9 Å². The summed E-state index contributed by atoms with van der Waals surface area (Å²) in [6, 6.07) is 14.2. The molecule has 0 aliphatic carbocycles. The first-order chi connectivity index (χ1) is 16.0. The van der Waals surface area contributed by atoms with Gasteiger partial charge in [0, 0.05) is 37.1 Å². The number of nitrogens with zero attached hydrogens (tertiary/aromatic N) is 5. The number of hydrogen-bond donors (Lipinski definition) is 4. The van der Waals surface area contributed by atoms with E-state index in [1.165, 1.54) is 0 Å². The van der Waals surface area contributed by atoms with Crippen LogP contribution in [0.2, 0.25) is 0 Å². The number of aliphatic hydroxyl groups excluding tert-OH is 2. The molecule has 9 heteroatoms. The van der Waals surface area contributed by atoms with Crippen molar-refractivity contribution in [2.45, 2.75) is 39.2 Å². The molecule has 1 aromatic carbocycles. The number of rotatable bonds is 8. The molecule has 9 nitrogen and oxygen atoms in total. The smallest absolute Gasteiger partial charge is 0.229 e. The molecule has 0 aliphatic heterocycles. The van der Waals surface area contributed by atoms with Gasteiger partial charge in [0.15, 0.2) is 5.65 Å². The highest BCUT2D eigenvalue weighted by Crippen LogP contribution is 2.22. The van der Waals surface area contributed by atoms with Crippen LogP contribution in [-0.4, -0.2) is 48.0 Å². The third-order valence-electron chi connectivity index (χ3n) is 4.97. The Balaban J connectivity index is 0.000000454. The van der Waals surface area contributed by atoms with Crippen molar-refractivity contribution in [2.24, 2.45) is 0 Å². The molecule has 0 atom stereocenters. The molecule has 3 heterocycles. The number of aromatic nitrogens is 5. The normalized spacial score (nSPS) is 10.8. The highest BCUT2D eigenvalue weighted by Gasteiger charge is 2.14. The molecule has 0 radical (unpaired) electrons. The van der Waals surface area contributed by atoms with Gasteiger partial charge < -0.3 is 21.3 Å². The second-order valence-corrected chi connectivity index (χ2v) is 7.82. The van der Waals surface area contributed by atoms with Crippen LogP contribution in [0.4, 0.5) is 11.9 Å². The van der Waals surface area contributed by atoms with Gasteiger partial charge in [-0.05, 0) is 36.5 Å². The first-order valence-corrected chi connectivity index (χ1v) is 11.0. The molecule has 5 N–H and O–H groups in total. The third-order valence-corrected chi connectivity index (χ3v) is 4.97. The Morgan fingerprint density at radius 3 is 2.33 bits per heavy atom. The summed E-state index contributed by atoms with van der Waals surface area (Å²) in [5, 5.41) is 23.9. The quantitative estimate of drug-likeness (QED) is 0.301.